The van der Waals surface area contributed by atoms with Crippen LogP contribution >= 0.6 is 11.8 Å². The Hall–Kier alpha value is -4.11. The zero-order chi connectivity index (χ0) is 25.0. The van der Waals surface area contributed by atoms with Gasteiger partial charge >= 0.3 is 5.97 Å². The first-order valence-electron chi connectivity index (χ1n) is 10.8. The molecule has 0 unspecified atom stereocenters. The summed E-state index contributed by atoms with van der Waals surface area (Å²) in [6.07, 6.45) is 2.65. The van der Waals surface area contributed by atoms with Crippen LogP contribution in [0.2, 0.25) is 0 Å². The van der Waals surface area contributed by atoms with Crippen molar-refractivity contribution in [2.75, 3.05) is 17.7 Å². The Morgan fingerprint density at radius 3 is 2.37 bits per heavy atom. The van der Waals surface area contributed by atoms with Gasteiger partial charge in [0.05, 0.1) is 18.6 Å². The van der Waals surface area contributed by atoms with Crippen LogP contribution in [0.5, 0.6) is 0 Å². The lowest BCUT2D eigenvalue weighted by molar-refractivity contribution is -0.145. The van der Waals surface area contributed by atoms with Crippen LogP contribution in [0.1, 0.15) is 29.5 Å². The molecule has 0 bridgehead atoms. The van der Waals surface area contributed by atoms with Crippen molar-refractivity contribution >= 4 is 47.1 Å². The van der Waals surface area contributed by atoms with Gasteiger partial charge in [-0.2, -0.15) is 0 Å². The molecule has 0 atom stereocenters. The summed E-state index contributed by atoms with van der Waals surface area (Å²) in [6.45, 7) is 1.92. The van der Waals surface area contributed by atoms with E-state index in [1.165, 1.54) is 24.1 Å². The minimum Gasteiger partial charge on any atom is -0.466 e. The average Bonchev–Trinajstić information content (AvgIpc) is 3.37. The highest BCUT2D eigenvalue weighted by Crippen LogP contribution is 2.21. The predicted molar refractivity (Wildman–Crippen MR) is 133 cm³/mol. The fraction of sp³-hybridized carbons (Fsp3) is 0.154. The van der Waals surface area contributed by atoms with Gasteiger partial charge in [0.2, 0.25) is 0 Å². The van der Waals surface area contributed by atoms with E-state index in [9.17, 15) is 19.2 Å². The number of nitrogens with one attached hydrogen (secondary N) is 2. The Morgan fingerprint density at radius 1 is 0.971 bits per heavy atom. The number of hydrogen-bond acceptors (Lipinski definition) is 7. The van der Waals surface area contributed by atoms with E-state index in [1.54, 1.807) is 73.7 Å². The molecular weight excluding hydrogens is 468 g/mol. The number of benzene rings is 2. The van der Waals surface area contributed by atoms with E-state index in [2.05, 4.69) is 10.6 Å². The summed E-state index contributed by atoms with van der Waals surface area (Å²) in [5.74, 6) is -1.19. The molecule has 35 heavy (non-hydrogen) atoms. The lowest BCUT2D eigenvalue weighted by Gasteiger charge is -2.11. The summed E-state index contributed by atoms with van der Waals surface area (Å²) in [7, 11) is 0. The van der Waals surface area contributed by atoms with Crippen LogP contribution in [0.3, 0.4) is 0 Å². The number of thioether (sulfide) groups is 1. The summed E-state index contributed by atoms with van der Waals surface area (Å²) in [5, 5.41) is 5.37. The van der Waals surface area contributed by atoms with Gasteiger partial charge in [-0.25, -0.2) is 0 Å². The molecule has 2 N–H and O–H groups in total. The van der Waals surface area contributed by atoms with Crippen molar-refractivity contribution in [3.63, 3.8) is 0 Å². The summed E-state index contributed by atoms with van der Waals surface area (Å²) >= 11 is 1.28. The number of furan rings is 1. The van der Waals surface area contributed by atoms with Crippen LogP contribution in [0.4, 0.5) is 5.69 Å². The van der Waals surface area contributed by atoms with Gasteiger partial charge in [0, 0.05) is 22.2 Å². The molecule has 0 fully saturated rings. The molecule has 1 heterocycles. The van der Waals surface area contributed by atoms with Crippen LogP contribution in [0.15, 0.2) is 88.0 Å². The van der Waals surface area contributed by atoms with Gasteiger partial charge in [0.25, 0.3) is 11.8 Å². The van der Waals surface area contributed by atoms with Crippen molar-refractivity contribution in [1.29, 1.82) is 0 Å². The number of amides is 2. The summed E-state index contributed by atoms with van der Waals surface area (Å²) < 4.78 is 10.1. The highest BCUT2D eigenvalue weighted by atomic mass is 32.2. The lowest BCUT2D eigenvalue weighted by atomic mass is 10.2. The maximum Gasteiger partial charge on any atom is 0.313 e. The van der Waals surface area contributed by atoms with E-state index in [0.717, 1.165) is 4.90 Å². The third-order valence-electron chi connectivity index (χ3n) is 4.52. The van der Waals surface area contributed by atoms with Gasteiger partial charge in [-0.3, -0.25) is 19.2 Å². The van der Waals surface area contributed by atoms with Crippen LogP contribution in [0, 0.1) is 0 Å². The standard InChI is InChI=1S/C26H24N2O6S/c1-2-33-24(30)15-20(29)17-35-22-12-10-19(11-13-22)27-26(32)23(16-21-9-6-14-34-21)28-25(31)18-7-4-3-5-8-18/h3-14,16H,2,15,17H2,1H3,(H,27,32)(H,28,31)/b23-16-. The minimum atomic E-state index is -0.533. The largest absolute Gasteiger partial charge is 0.466 e. The predicted octanol–water partition coefficient (Wildman–Crippen LogP) is 4.30. The van der Waals surface area contributed by atoms with E-state index in [4.69, 9.17) is 9.15 Å². The average molecular weight is 493 g/mol. The molecule has 0 radical (unpaired) electrons. The number of Topliss-reactive ketones (excluding diaryl/α,β-unsaturated/α-hetero) is 1. The SMILES string of the molecule is CCOC(=O)CC(=O)CSc1ccc(NC(=O)/C(=C/c2ccco2)NC(=O)c2ccccc2)cc1. The number of hydrogen-bond donors (Lipinski definition) is 2. The summed E-state index contributed by atoms with van der Waals surface area (Å²) in [5.41, 5.74) is 0.915. The van der Waals surface area contributed by atoms with E-state index in [1.807, 2.05) is 0 Å². The monoisotopic (exact) mass is 492 g/mol. The maximum atomic E-state index is 12.9. The molecule has 3 aromatic rings. The first-order chi connectivity index (χ1) is 16.9. The van der Waals surface area contributed by atoms with Gasteiger partial charge in [-0.15, -0.1) is 11.8 Å². The molecule has 0 aliphatic heterocycles. The molecule has 0 saturated heterocycles. The first-order valence-corrected chi connectivity index (χ1v) is 11.8. The van der Waals surface area contributed by atoms with Crippen molar-refractivity contribution in [3.8, 4) is 0 Å². The van der Waals surface area contributed by atoms with E-state index >= 15 is 0 Å². The first kappa shape index (κ1) is 25.5. The van der Waals surface area contributed by atoms with Crippen LogP contribution in [0.25, 0.3) is 6.08 Å². The molecule has 1 aromatic heterocycles. The van der Waals surface area contributed by atoms with E-state index in [0.29, 0.717) is 17.0 Å². The van der Waals surface area contributed by atoms with Gasteiger partial charge in [0.15, 0.2) is 5.78 Å². The smallest absolute Gasteiger partial charge is 0.313 e. The number of anilines is 1. The third kappa shape index (κ3) is 8.31. The Bertz CT molecular complexity index is 1190. The number of esters is 1. The number of ether oxygens (including phenoxy) is 1. The normalized spacial score (nSPS) is 10.9. The number of carbonyl (C=O) groups excluding carboxylic acids is 4. The number of carbonyl (C=O) groups is 4. The molecule has 0 aliphatic rings. The molecule has 2 amide bonds. The van der Waals surface area contributed by atoms with Gasteiger partial charge in [0.1, 0.15) is 17.9 Å². The fourth-order valence-electron chi connectivity index (χ4n) is 2.88. The molecular formula is C26H24N2O6S. The van der Waals surface area contributed by atoms with Crippen molar-refractivity contribution in [2.45, 2.75) is 18.2 Å². The molecule has 3 rings (SSSR count). The molecule has 8 nitrogen and oxygen atoms in total. The topological polar surface area (TPSA) is 115 Å². The zero-order valence-corrected chi connectivity index (χ0v) is 19.8. The molecule has 180 valence electrons. The Balaban J connectivity index is 1.62. The maximum absolute atomic E-state index is 12.9. The van der Waals surface area contributed by atoms with Crippen molar-refractivity contribution in [2.24, 2.45) is 0 Å². The Labute approximate surface area is 206 Å². The van der Waals surface area contributed by atoms with E-state index < -0.39 is 17.8 Å². The quantitative estimate of drug-likeness (QED) is 0.177. The van der Waals surface area contributed by atoms with E-state index in [-0.39, 0.29) is 30.3 Å². The minimum absolute atomic E-state index is 0.0109. The van der Waals surface area contributed by atoms with Crippen molar-refractivity contribution < 1.29 is 28.3 Å². The second-order valence-corrected chi connectivity index (χ2v) is 8.23. The highest BCUT2D eigenvalue weighted by Gasteiger charge is 2.16. The Morgan fingerprint density at radius 2 is 1.71 bits per heavy atom. The molecule has 0 spiro atoms. The molecule has 9 heteroatoms. The molecule has 2 aromatic carbocycles. The number of rotatable bonds is 11. The lowest BCUT2D eigenvalue weighted by Crippen LogP contribution is -2.30. The summed E-state index contributed by atoms with van der Waals surface area (Å²) in [6, 6.07) is 18.7. The molecule has 0 aliphatic carbocycles. The van der Waals surface area contributed by atoms with Crippen LogP contribution < -0.4 is 10.6 Å². The second kappa shape index (κ2) is 13.0. The second-order valence-electron chi connectivity index (χ2n) is 7.18. The summed E-state index contributed by atoms with van der Waals surface area (Å²) in [4.78, 5) is 49.6. The fourth-order valence-corrected chi connectivity index (χ4v) is 3.64. The van der Waals surface area contributed by atoms with Gasteiger partial charge in [-0.05, 0) is 55.5 Å². The van der Waals surface area contributed by atoms with Gasteiger partial charge in [-0.1, -0.05) is 18.2 Å². The highest BCUT2D eigenvalue weighted by molar-refractivity contribution is 8.00. The number of ketones is 1. The Kier molecular flexibility index (Phi) is 9.44. The van der Waals surface area contributed by atoms with Crippen LogP contribution in [-0.2, 0) is 19.1 Å². The van der Waals surface area contributed by atoms with Gasteiger partial charge < -0.3 is 19.8 Å². The van der Waals surface area contributed by atoms with Crippen molar-refractivity contribution in [3.05, 3.63) is 90.0 Å². The molecule has 0 saturated carbocycles. The zero-order valence-electron chi connectivity index (χ0n) is 19.0. The third-order valence-corrected chi connectivity index (χ3v) is 5.59. The van der Waals surface area contributed by atoms with Crippen molar-refractivity contribution in [1.82, 2.24) is 5.32 Å². The van der Waals surface area contributed by atoms with Crippen LogP contribution in [-0.4, -0.2) is 35.9 Å².